The summed E-state index contributed by atoms with van der Waals surface area (Å²) in [6.45, 7) is 9.26. The Morgan fingerprint density at radius 3 is 2.36 bits per heavy atom. The van der Waals surface area contributed by atoms with Crippen LogP contribution in [-0.4, -0.2) is 80.5 Å². The van der Waals surface area contributed by atoms with Crippen LogP contribution < -0.4 is 5.32 Å². The molecule has 0 aromatic heterocycles. The molecule has 0 aromatic rings. The second-order valence-corrected chi connectivity index (χ2v) is 10.9. The third-order valence-electron chi connectivity index (χ3n) is 6.52. The summed E-state index contributed by atoms with van der Waals surface area (Å²) in [4.78, 5) is 9.93. The minimum atomic E-state index is -2.83. The molecule has 8 heteroatoms. The SMILES string of the molecule is CCC(C)NC(=NCC1CCS(=O)(=O)C1)N1CCN(C2CCCCC2)CC1.I. The summed E-state index contributed by atoms with van der Waals surface area (Å²) in [6, 6.07) is 1.17. The third-order valence-corrected chi connectivity index (χ3v) is 8.36. The Hall–Kier alpha value is -0.0900. The van der Waals surface area contributed by atoms with Crippen LogP contribution in [0, 0.1) is 5.92 Å². The molecule has 0 radical (unpaired) electrons. The van der Waals surface area contributed by atoms with Crippen LogP contribution in [0.15, 0.2) is 4.99 Å². The van der Waals surface area contributed by atoms with Gasteiger partial charge in [0.05, 0.1) is 11.5 Å². The first-order valence-electron chi connectivity index (χ1n) is 11.0. The maximum Gasteiger partial charge on any atom is 0.194 e. The highest BCUT2D eigenvalue weighted by atomic mass is 127. The number of aliphatic imine (C=N–C) groups is 1. The fraction of sp³-hybridized carbons (Fsp3) is 0.950. The van der Waals surface area contributed by atoms with E-state index in [0.717, 1.165) is 51.0 Å². The molecule has 3 fully saturated rings. The summed E-state index contributed by atoms with van der Waals surface area (Å²) in [5.41, 5.74) is 0. The van der Waals surface area contributed by atoms with Gasteiger partial charge in [0, 0.05) is 44.8 Å². The minimum Gasteiger partial charge on any atom is -0.354 e. The van der Waals surface area contributed by atoms with Crippen LogP contribution in [0.1, 0.15) is 58.8 Å². The fourth-order valence-electron chi connectivity index (χ4n) is 4.54. The predicted octanol–water partition coefficient (Wildman–Crippen LogP) is 2.73. The van der Waals surface area contributed by atoms with E-state index in [4.69, 9.17) is 4.99 Å². The van der Waals surface area contributed by atoms with Crippen LogP contribution in [0.4, 0.5) is 0 Å². The van der Waals surface area contributed by atoms with E-state index >= 15 is 0 Å². The van der Waals surface area contributed by atoms with Gasteiger partial charge in [-0.2, -0.15) is 0 Å². The first kappa shape index (κ1) is 24.2. The monoisotopic (exact) mass is 526 g/mol. The van der Waals surface area contributed by atoms with Crippen molar-refractivity contribution in [2.45, 2.75) is 70.9 Å². The van der Waals surface area contributed by atoms with E-state index in [0.29, 0.717) is 24.1 Å². The molecular formula is C20H39IN4O2S. The summed E-state index contributed by atoms with van der Waals surface area (Å²) in [6.07, 6.45) is 8.72. The Labute approximate surface area is 188 Å². The Bertz CT molecular complexity index is 599. The second-order valence-electron chi connectivity index (χ2n) is 8.70. The molecule has 2 heterocycles. The second kappa shape index (κ2) is 11.3. The van der Waals surface area contributed by atoms with Crippen LogP contribution in [0.3, 0.4) is 0 Å². The van der Waals surface area contributed by atoms with Gasteiger partial charge in [0.15, 0.2) is 15.8 Å². The zero-order valence-electron chi connectivity index (χ0n) is 17.6. The number of sulfone groups is 1. The largest absolute Gasteiger partial charge is 0.354 e. The third kappa shape index (κ3) is 7.00. The molecule has 6 nitrogen and oxygen atoms in total. The number of piperazine rings is 1. The van der Waals surface area contributed by atoms with Gasteiger partial charge in [-0.3, -0.25) is 9.89 Å². The van der Waals surface area contributed by atoms with E-state index in [1.54, 1.807) is 0 Å². The Morgan fingerprint density at radius 1 is 1.11 bits per heavy atom. The average Bonchev–Trinajstić information content (AvgIpc) is 3.04. The van der Waals surface area contributed by atoms with E-state index in [9.17, 15) is 8.42 Å². The molecule has 0 bridgehead atoms. The van der Waals surface area contributed by atoms with Gasteiger partial charge >= 0.3 is 0 Å². The number of rotatable bonds is 5. The first-order chi connectivity index (χ1) is 13.0. The van der Waals surface area contributed by atoms with Gasteiger partial charge in [-0.15, -0.1) is 24.0 Å². The van der Waals surface area contributed by atoms with E-state index in [1.165, 1.54) is 32.1 Å². The standard InChI is InChI=1S/C20H38N4O2S.HI/c1-3-17(2)22-20(21-15-18-9-14-27(25,26)16-18)24-12-10-23(11-13-24)19-7-5-4-6-8-19;/h17-19H,3-16H2,1-2H3,(H,21,22);1H. The summed E-state index contributed by atoms with van der Waals surface area (Å²) in [7, 11) is -2.83. The smallest absolute Gasteiger partial charge is 0.194 e. The van der Waals surface area contributed by atoms with Crippen LogP contribution in [0.25, 0.3) is 0 Å². The van der Waals surface area contributed by atoms with Gasteiger partial charge in [0.1, 0.15) is 0 Å². The van der Waals surface area contributed by atoms with Crippen molar-refractivity contribution in [3.05, 3.63) is 0 Å². The lowest BCUT2D eigenvalue weighted by atomic mass is 9.94. The molecule has 28 heavy (non-hydrogen) atoms. The Kier molecular flexibility index (Phi) is 9.80. The minimum absolute atomic E-state index is 0. The van der Waals surface area contributed by atoms with Crippen molar-refractivity contribution in [2.75, 3.05) is 44.2 Å². The van der Waals surface area contributed by atoms with Crippen molar-refractivity contribution < 1.29 is 8.42 Å². The molecule has 3 rings (SSSR count). The molecule has 1 N–H and O–H groups in total. The molecule has 0 amide bonds. The van der Waals surface area contributed by atoms with Crippen LogP contribution in [-0.2, 0) is 9.84 Å². The quantitative estimate of drug-likeness (QED) is 0.339. The lowest BCUT2D eigenvalue weighted by Crippen LogP contribution is -2.56. The average molecular weight is 527 g/mol. The fourth-order valence-corrected chi connectivity index (χ4v) is 6.39. The zero-order valence-corrected chi connectivity index (χ0v) is 20.8. The number of nitrogens with one attached hydrogen (secondary N) is 1. The van der Waals surface area contributed by atoms with Crippen molar-refractivity contribution in [2.24, 2.45) is 10.9 Å². The summed E-state index contributed by atoms with van der Waals surface area (Å²) in [5, 5.41) is 3.58. The normalized spacial score (nSPS) is 28.0. The topological polar surface area (TPSA) is 65.0 Å². The maximum absolute atomic E-state index is 11.7. The predicted molar refractivity (Wildman–Crippen MR) is 127 cm³/mol. The number of hydrogen-bond donors (Lipinski definition) is 1. The van der Waals surface area contributed by atoms with E-state index in [-0.39, 0.29) is 29.9 Å². The van der Waals surface area contributed by atoms with Crippen molar-refractivity contribution in [1.29, 1.82) is 0 Å². The number of guanidine groups is 1. The Morgan fingerprint density at radius 2 is 1.79 bits per heavy atom. The summed E-state index contributed by atoms with van der Waals surface area (Å²) in [5.74, 6) is 1.81. The van der Waals surface area contributed by atoms with Crippen LogP contribution in [0.2, 0.25) is 0 Å². The molecule has 2 saturated heterocycles. The lowest BCUT2D eigenvalue weighted by molar-refractivity contribution is 0.105. The van der Waals surface area contributed by atoms with Gasteiger partial charge in [0.25, 0.3) is 0 Å². The lowest BCUT2D eigenvalue weighted by Gasteiger charge is -2.42. The summed E-state index contributed by atoms with van der Waals surface area (Å²) < 4.78 is 23.4. The van der Waals surface area contributed by atoms with Gasteiger partial charge in [-0.05, 0) is 38.5 Å². The zero-order chi connectivity index (χ0) is 19.3. The Balaban J connectivity index is 0.00000280. The number of hydrogen-bond acceptors (Lipinski definition) is 4. The molecule has 2 unspecified atom stereocenters. The molecular weight excluding hydrogens is 487 g/mol. The molecule has 2 atom stereocenters. The molecule has 0 spiro atoms. The van der Waals surface area contributed by atoms with Crippen molar-refractivity contribution >= 4 is 39.8 Å². The molecule has 1 aliphatic carbocycles. The highest BCUT2D eigenvalue weighted by Crippen LogP contribution is 2.23. The highest BCUT2D eigenvalue weighted by molar-refractivity contribution is 14.0. The number of halogens is 1. The van der Waals surface area contributed by atoms with Crippen LogP contribution in [0.5, 0.6) is 0 Å². The molecule has 0 aromatic carbocycles. The van der Waals surface area contributed by atoms with Crippen LogP contribution >= 0.6 is 24.0 Å². The maximum atomic E-state index is 11.7. The highest BCUT2D eigenvalue weighted by Gasteiger charge is 2.29. The molecule has 164 valence electrons. The van der Waals surface area contributed by atoms with E-state index in [2.05, 4.69) is 29.0 Å². The van der Waals surface area contributed by atoms with Crippen molar-refractivity contribution in [3.8, 4) is 0 Å². The molecule has 2 aliphatic heterocycles. The van der Waals surface area contributed by atoms with Gasteiger partial charge < -0.3 is 10.2 Å². The summed E-state index contributed by atoms with van der Waals surface area (Å²) >= 11 is 0. The van der Waals surface area contributed by atoms with E-state index in [1.807, 2.05) is 0 Å². The number of nitrogens with zero attached hydrogens (tertiary/aromatic N) is 3. The van der Waals surface area contributed by atoms with Gasteiger partial charge in [-0.1, -0.05) is 26.2 Å². The van der Waals surface area contributed by atoms with Crippen molar-refractivity contribution in [3.63, 3.8) is 0 Å². The molecule has 3 aliphatic rings. The van der Waals surface area contributed by atoms with Gasteiger partial charge in [0.2, 0.25) is 0 Å². The van der Waals surface area contributed by atoms with E-state index < -0.39 is 9.84 Å². The first-order valence-corrected chi connectivity index (χ1v) is 12.8. The van der Waals surface area contributed by atoms with Crippen molar-refractivity contribution in [1.82, 2.24) is 15.1 Å². The van der Waals surface area contributed by atoms with Gasteiger partial charge in [-0.25, -0.2) is 8.42 Å². The molecule has 1 saturated carbocycles.